The van der Waals surface area contributed by atoms with Gasteiger partial charge >= 0.3 is 0 Å². The number of aromatic nitrogens is 1. The zero-order valence-corrected chi connectivity index (χ0v) is 18.5. The van der Waals surface area contributed by atoms with Crippen LogP contribution in [-0.4, -0.2) is 58.4 Å². The molecule has 0 bridgehead atoms. The molecule has 170 valence electrons. The minimum Gasteiger partial charge on any atom is -0.348 e. The summed E-state index contributed by atoms with van der Waals surface area (Å²) in [6, 6.07) is 12.9. The van der Waals surface area contributed by atoms with Crippen molar-refractivity contribution in [2.75, 3.05) is 26.2 Å². The van der Waals surface area contributed by atoms with E-state index in [9.17, 15) is 14.4 Å². The van der Waals surface area contributed by atoms with Gasteiger partial charge in [0.15, 0.2) is 0 Å². The van der Waals surface area contributed by atoms with Crippen molar-refractivity contribution in [2.45, 2.75) is 51.2 Å². The third kappa shape index (κ3) is 5.46. The fraction of sp³-hybridized carbons (Fsp3) is 0.480. The third-order valence-corrected chi connectivity index (χ3v) is 6.48. The normalized spacial score (nSPS) is 19.1. The molecule has 2 aromatic rings. The molecular weight excluding hydrogens is 404 g/mol. The van der Waals surface area contributed by atoms with Crippen molar-refractivity contribution in [1.29, 1.82) is 0 Å². The summed E-state index contributed by atoms with van der Waals surface area (Å²) in [7, 11) is 0. The van der Waals surface area contributed by atoms with E-state index < -0.39 is 11.5 Å². The highest BCUT2D eigenvalue weighted by Gasteiger charge is 2.29. The molecular formula is C25H32N4O3. The molecule has 2 saturated heterocycles. The Kier molecular flexibility index (Phi) is 7.37. The molecule has 1 aromatic heterocycles. The Morgan fingerprint density at radius 2 is 1.69 bits per heavy atom. The Balaban J connectivity index is 1.41. The summed E-state index contributed by atoms with van der Waals surface area (Å²) >= 11 is 0. The summed E-state index contributed by atoms with van der Waals surface area (Å²) in [6.07, 6.45) is 7.20. The van der Waals surface area contributed by atoms with E-state index in [1.165, 1.54) is 23.5 Å². The van der Waals surface area contributed by atoms with Crippen LogP contribution in [0, 0.1) is 0 Å². The number of amides is 2. The molecule has 2 amide bonds. The Morgan fingerprint density at radius 1 is 0.938 bits per heavy atom. The highest BCUT2D eigenvalue weighted by Crippen LogP contribution is 2.20. The first-order chi connectivity index (χ1) is 15.6. The van der Waals surface area contributed by atoms with Gasteiger partial charge in [0.1, 0.15) is 12.1 Å². The molecule has 0 saturated carbocycles. The Morgan fingerprint density at radius 3 is 2.47 bits per heavy atom. The van der Waals surface area contributed by atoms with Crippen molar-refractivity contribution in [2.24, 2.45) is 0 Å². The van der Waals surface area contributed by atoms with Gasteiger partial charge < -0.3 is 19.7 Å². The maximum absolute atomic E-state index is 13.1. The second kappa shape index (κ2) is 10.6. The number of piperidine rings is 1. The highest BCUT2D eigenvalue weighted by molar-refractivity contribution is 5.93. The molecule has 0 spiro atoms. The largest absolute Gasteiger partial charge is 0.348 e. The Labute approximate surface area is 189 Å². The SMILES string of the molecule is O=C(NCc1ccccc1)c1cccn(CC(=O)N2CCCC[C@@H]2CN2CCCC2)c1=O. The summed E-state index contributed by atoms with van der Waals surface area (Å²) in [5.41, 5.74) is 0.587. The van der Waals surface area contributed by atoms with Gasteiger partial charge in [-0.1, -0.05) is 30.3 Å². The smallest absolute Gasteiger partial charge is 0.263 e. The topological polar surface area (TPSA) is 74.7 Å². The molecule has 2 aliphatic rings. The van der Waals surface area contributed by atoms with Crippen LogP contribution in [0.15, 0.2) is 53.5 Å². The van der Waals surface area contributed by atoms with Crippen molar-refractivity contribution in [3.05, 3.63) is 70.1 Å². The van der Waals surface area contributed by atoms with Crippen LogP contribution < -0.4 is 10.9 Å². The number of carbonyl (C=O) groups excluding carboxylic acids is 2. The van der Waals surface area contributed by atoms with Gasteiger partial charge in [0.25, 0.3) is 11.5 Å². The first-order valence-electron chi connectivity index (χ1n) is 11.7. The molecule has 0 unspecified atom stereocenters. The van der Waals surface area contributed by atoms with Crippen LogP contribution in [0.5, 0.6) is 0 Å². The van der Waals surface area contributed by atoms with Gasteiger partial charge in [-0.3, -0.25) is 14.4 Å². The Hall–Kier alpha value is -2.93. The molecule has 2 fully saturated rings. The second-order valence-electron chi connectivity index (χ2n) is 8.77. The molecule has 32 heavy (non-hydrogen) atoms. The summed E-state index contributed by atoms with van der Waals surface area (Å²) in [5, 5.41) is 2.79. The van der Waals surface area contributed by atoms with Crippen molar-refractivity contribution in [3.8, 4) is 0 Å². The quantitative estimate of drug-likeness (QED) is 0.723. The van der Waals surface area contributed by atoms with Crippen LogP contribution in [0.25, 0.3) is 0 Å². The summed E-state index contributed by atoms with van der Waals surface area (Å²) in [6.45, 7) is 4.19. The fourth-order valence-corrected chi connectivity index (χ4v) is 4.73. The molecule has 1 aromatic carbocycles. The lowest BCUT2D eigenvalue weighted by Gasteiger charge is -2.38. The molecule has 1 atom stereocenters. The van der Waals surface area contributed by atoms with Gasteiger partial charge in [-0.25, -0.2) is 0 Å². The van der Waals surface area contributed by atoms with Gasteiger partial charge in [0.2, 0.25) is 5.91 Å². The molecule has 7 nitrogen and oxygen atoms in total. The molecule has 3 heterocycles. The van der Waals surface area contributed by atoms with E-state index in [1.54, 1.807) is 12.3 Å². The third-order valence-electron chi connectivity index (χ3n) is 6.48. The minimum absolute atomic E-state index is 0.0326. The average molecular weight is 437 g/mol. The van der Waals surface area contributed by atoms with E-state index in [1.807, 2.05) is 35.2 Å². The van der Waals surface area contributed by atoms with Crippen LogP contribution >= 0.6 is 0 Å². The minimum atomic E-state index is -0.431. The number of likely N-dealkylation sites (tertiary alicyclic amines) is 2. The van der Waals surface area contributed by atoms with Gasteiger partial charge in [-0.2, -0.15) is 0 Å². The van der Waals surface area contributed by atoms with E-state index >= 15 is 0 Å². The van der Waals surface area contributed by atoms with Gasteiger partial charge in [0, 0.05) is 31.9 Å². The molecule has 0 aliphatic carbocycles. The van der Waals surface area contributed by atoms with Crippen molar-refractivity contribution >= 4 is 11.8 Å². The van der Waals surface area contributed by atoms with E-state index in [4.69, 9.17) is 0 Å². The maximum atomic E-state index is 13.1. The van der Waals surface area contributed by atoms with Gasteiger partial charge in [-0.15, -0.1) is 0 Å². The summed E-state index contributed by atoms with van der Waals surface area (Å²) in [4.78, 5) is 43.1. The van der Waals surface area contributed by atoms with Crippen LogP contribution in [0.2, 0.25) is 0 Å². The first kappa shape index (κ1) is 22.3. The van der Waals surface area contributed by atoms with Crippen molar-refractivity contribution < 1.29 is 9.59 Å². The van der Waals surface area contributed by atoms with E-state index in [-0.39, 0.29) is 24.1 Å². The molecule has 2 aliphatic heterocycles. The van der Waals surface area contributed by atoms with E-state index in [0.29, 0.717) is 6.54 Å². The number of nitrogens with one attached hydrogen (secondary N) is 1. The molecule has 1 N–H and O–H groups in total. The van der Waals surface area contributed by atoms with Crippen LogP contribution in [0.3, 0.4) is 0 Å². The predicted octanol–water partition coefficient (Wildman–Crippen LogP) is 2.26. The average Bonchev–Trinajstić information content (AvgIpc) is 3.33. The monoisotopic (exact) mass is 436 g/mol. The zero-order chi connectivity index (χ0) is 22.3. The summed E-state index contributed by atoms with van der Waals surface area (Å²) in [5.74, 6) is -0.469. The van der Waals surface area contributed by atoms with Gasteiger partial charge in [-0.05, 0) is 62.9 Å². The number of hydrogen-bond acceptors (Lipinski definition) is 4. The van der Waals surface area contributed by atoms with Gasteiger partial charge in [0.05, 0.1) is 0 Å². The number of hydrogen-bond donors (Lipinski definition) is 1. The molecule has 0 radical (unpaired) electrons. The van der Waals surface area contributed by atoms with Crippen LogP contribution in [-0.2, 0) is 17.9 Å². The lowest BCUT2D eigenvalue weighted by molar-refractivity contribution is -0.136. The zero-order valence-electron chi connectivity index (χ0n) is 18.5. The number of pyridine rings is 1. The van der Waals surface area contributed by atoms with Crippen molar-refractivity contribution in [1.82, 2.24) is 19.7 Å². The van der Waals surface area contributed by atoms with Crippen LogP contribution in [0.1, 0.15) is 48.0 Å². The summed E-state index contributed by atoms with van der Waals surface area (Å²) < 4.78 is 1.36. The standard InChI is InChI=1S/C25H32N4O3/c30-23(29-16-5-4-11-21(29)18-27-13-6-7-14-27)19-28-15-8-12-22(25(28)32)24(31)26-17-20-9-2-1-3-10-20/h1-3,8-10,12,15,21H,4-7,11,13-14,16-19H2,(H,26,31)/t21-/m1/s1. The lowest BCUT2D eigenvalue weighted by atomic mass is 10.0. The molecule has 4 rings (SSSR count). The van der Waals surface area contributed by atoms with E-state index in [2.05, 4.69) is 10.2 Å². The Bertz CT molecular complexity index is 982. The number of nitrogens with zero attached hydrogens (tertiary/aromatic N) is 3. The maximum Gasteiger partial charge on any atom is 0.263 e. The number of benzene rings is 1. The second-order valence-corrected chi connectivity index (χ2v) is 8.77. The highest BCUT2D eigenvalue weighted by atomic mass is 16.2. The number of carbonyl (C=O) groups is 2. The van der Waals surface area contributed by atoms with Crippen molar-refractivity contribution in [3.63, 3.8) is 0 Å². The fourth-order valence-electron chi connectivity index (χ4n) is 4.73. The van der Waals surface area contributed by atoms with Crippen LogP contribution in [0.4, 0.5) is 0 Å². The number of rotatable bonds is 7. The predicted molar refractivity (Wildman–Crippen MR) is 123 cm³/mol. The lowest BCUT2D eigenvalue weighted by Crippen LogP contribution is -2.50. The first-order valence-corrected chi connectivity index (χ1v) is 11.7. The van der Waals surface area contributed by atoms with E-state index in [0.717, 1.165) is 51.0 Å². The molecule has 7 heteroatoms.